The fourth-order valence-electron chi connectivity index (χ4n) is 2.51. The van der Waals surface area contributed by atoms with Gasteiger partial charge in [-0.05, 0) is 18.6 Å². The summed E-state index contributed by atoms with van der Waals surface area (Å²) in [5.41, 5.74) is 0.696. The average molecular weight is 440 g/mol. The molecule has 1 saturated heterocycles. The highest BCUT2D eigenvalue weighted by molar-refractivity contribution is 9.09. The number of alkyl halides is 1. The Bertz CT molecular complexity index is 570. The van der Waals surface area contributed by atoms with Gasteiger partial charge in [0, 0.05) is 17.0 Å². The van der Waals surface area contributed by atoms with E-state index in [1.165, 1.54) is 0 Å². The number of hydrogen-bond acceptors (Lipinski definition) is 4. The Hall–Kier alpha value is -0.330. The van der Waals surface area contributed by atoms with Gasteiger partial charge in [0.1, 0.15) is 12.7 Å². The Morgan fingerprint density at radius 2 is 2.21 bits per heavy atom. The third kappa shape index (κ3) is 5.09. The molecule has 24 heavy (non-hydrogen) atoms. The molecule has 0 spiro atoms. The van der Waals surface area contributed by atoms with Gasteiger partial charge in [-0.25, -0.2) is 0 Å². The van der Waals surface area contributed by atoms with E-state index in [-0.39, 0.29) is 18.7 Å². The predicted molar refractivity (Wildman–Crippen MR) is 97.9 cm³/mol. The standard InChI is InChI=1S/C17H21BrCl2O4/c1-2-3-4-5-16(21)22-9-13-10-23-17(11-18,24-13)14-7-6-12(19)8-15(14)20/h6-8,13H,2-5,9-11H2,1H3/t13-,17-/m0/s1. The van der Waals surface area contributed by atoms with Gasteiger partial charge in [0.25, 0.3) is 0 Å². The summed E-state index contributed by atoms with van der Waals surface area (Å²) in [5.74, 6) is -1.20. The molecule has 2 rings (SSSR count). The van der Waals surface area contributed by atoms with E-state index in [1.807, 2.05) is 0 Å². The van der Waals surface area contributed by atoms with E-state index < -0.39 is 5.79 Å². The highest BCUT2D eigenvalue weighted by Gasteiger charge is 2.44. The molecule has 0 radical (unpaired) electrons. The maximum absolute atomic E-state index is 11.7. The van der Waals surface area contributed by atoms with Crippen LogP contribution in [-0.2, 0) is 24.8 Å². The van der Waals surface area contributed by atoms with Gasteiger partial charge in [0.05, 0.1) is 17.0 Å². The van der Waals surface area contributed by atoms with Gasteiger partial charge in [-0.1, -0.05) is 65.0 Å². The number of rotatable bonds is 8. The minimum absolute atomic E-state index is 0.172. The molecule has 1 aliphatic heterocycles. The van der Waals surface area contributed by atoms with Gasteiger partial charge in [-0.15, -0.1) is 0 Å². The molecule has 0 aromatic heterocycles. The minimum Gasteiger partial charge on any atom is -0.463 e. The van der Waals surface area contributed by atoms with E-state index in [4.69, 9.17) is 37.4 Å². The zero-order valence-electron chi connectivity index (χ0n) is 13.5. The molecular weight excluding hydrogens is 419 g/mol. The first-order chi connectivity index (χ1) is 11.5. The topological polar surface area (TPSA) is 44.8 Å². The van der Waals surface area contributed by atoms with Crippen molar-refractivity contribution in [2.24, 2.45) is 0 Å². The van der Waals surface area contributed by atoms with E-state index in [9.17, 15) is 4.79 Å². The molecule has 1 heterocycles. The van der Waals surface area contributed by atoms with Crippen LogP contribution >= 0.6 is 39.1 Å². The van der Waals surface area contributed by atoms with Crippen molar-refractivity contribution in [1.82, 2.24) is 0 Å². The Morgan fingerprint density at radius 3 is 2.88 bits per heavy atom. The van der Waals surface area contributed by atoms with Crippen molar-refractivity contribution in [3.05, 3.63) is 33.8 Å². The maximum atomic E-state index is 11.7. The smallest absolute Gasteiger partial charge is 0.305 e. The fraction of sp³-hybridized carbons (Fsp3) is 0.588. The molecule has 0 aliphatic carbocycles. The first-order valence-corrected chi connectivity index (χ1v) is 9.87. The molecule has 1 aliphatic rings. The Morgan fingerprint density at radius 1 is 1.42 bits per heavy atom. The normalized spacial score (nSPS) is 23.4. The molecule has 0 saturated carbocycles. The molecule has 0 unspecified atom stereocenters. The van der Waals surface area contributed by atoms with Crippen LogP contribution < -0.4 is 0 Å². The van der Waals surface area contributed by atoms with Crippen LogP contribution in [0.5, 0.6) is 0 Å². The number of benzene rings is 1. The molecule has 1 fully saturated rings. The molecule has 1 aromatic rings. The van der Waals surface area contributed by atoms with E-state index >= 15 is 0 Å². The predicted octanol–water partition coefficient (Wildman–Crippen LogP) is 5.08. The molecule has 2 atom stereocenters. The van der Waals surface area contributed by atoms with Crippen LogP contribution in [-0.4, -0.2) is 30.6 Å². The fourth-order valence-corrected chi connectivity index (χ4v) is 3.65. The first kappa shape index (κ1) is 20.0. The van der Waals surface area contributed by atoms with Gasteiger partial charge in [-0.2, -0.15) is 0 Å². The van der Waals surface area contributed by atoms with Crippen molar-refractivity contribution in [1.29, 1.82) is 0 Å². The minimum atomic E-state index is -0.999. The summed E-state index contributed by atoms with van der Waals surface area (Å²) in [6.07, 6.45) is 3.06. The van der Waals surface area contributed by atoms with Crippen molar-refractivity contribution >= 4 is 45.1 Å². The van der Waals surface area contributed by atoms with Gasteiger partial charge in [-0.3, -0.25) is 4.79 Å². The van der Waals surface area contributed by atoms with E-state index in [2.05, 4.69) is 22.9 Å². The molecule has 0 amide bonds. The van der Waals surface area contributed by atoms with Crippen molar-refractivity contribution in [2.75, 3.05) is 18.5 Å². The highest BCUT2D eigenvalue weighted by atomic mass is 79.9. The third-order valence-electron chi connectivity index (χ3n) is 3.79. The zero-order chi connectivity index (χ0) is 17.6. The lowest BCUT2D eigenvalue weighted by Gasteiger charge is -2.27. The third-order valence-corrected chi connectivity index (χ3v) is 5.08. The van der Waals surface area contributed by atoms with Gasteiger partial charge < -0.3 is 14.2 Å². The van der Waals surface area contributed by atoms with Gasteiger partial charge >= 0.3 is 5.97 Å². The molecule has 134 valence electrons. The zero-order valence-corrected chi connectivity index (χ0v) is 16.6. The van der Waals surface area contributed by atoms with E-state index in [1.54, 1.807) is 18.2 Å². The largest absolute Gasteiger partial charge is 0.463 e. The van der Waals surface area contributed by atoms with E-state index in [0.29, 0.717) is 34.0 Å². The number of ether oxygens (including phenoxy) is 3. The molecular formula is C17H21BrCl2O4. The van der Waals surface area contributed by atoms with Gasteiger partial charge in [0.15, 0.2) is 0 Å². The highest BCUT2D eigenvalue weighted by Crippen LogP contribution is 2.40. The summed E-state index contributed by atoms with van der Waals surface area (Å²) in [7, 11) is 0. The summed E-state index contributed by atoms with van der Waals surface area (Å²) in [6, 6.07) is 5.17. The number of halogens is 3. The molecule has 1 aromatic carbocycles. The van der Waals surface area contributed by atoms with Crippen LogP contribution in [0.2, 0.25) is 10.0 Å². The summed E-state index contributed by atoms with van der Waals surface area (Å²) >= 11 is 15.6. The molecule has 7 heteroatoms. The number of carbonyl (C=O) groups is 1. The summed E-state index contributed by atoms with van der Waals surface area (Å²) in [6.45, 7) is 2.59. The van der Waals surface area contributed by atoms with Crippen molar-refractivity contribution < 1.29 is 19.0 Å². The lowest BCUT2D eigenvalue weighted by atomic mass is 10.1. The van der Waals surface area contributed by atoms with Crippen molar-refractivity contribution in [3.63, 3.8) is 0 Å². The number of hydrogen-bond donors (Lipinski definition) is 0. The van der Waals surface area contributed by atoms with Crippen LogP contribution in [0.3, 0.4) is 0 Å². The van der Waals surface area contributed by atoms with E-state index in [0.717, 1.165) is 19.3 Å². The van der Waals surface area contributed by atoms with Gasteiger partial charge in [0.2, 0.25) is 5.79 Å². The Labute approximate surface area is 160 Å². The molecule has 0 N–H and O–H groups in total. The quantitative estimate of drug-likeness (QED) is 0.322. The van der Waals surface area contributed by atoms with Crippen LogP contribution in [0.25, 0.3) is 0 Å². The van der Waals surface area contributed by atoms with Crippen LogP contribution in [0, 0.1) is 0 Å². The SMILES string of the molecule is CCCCCC(=O)OC[C@H]1CO[C@](CBr)(c2ccc(Cl)cc2Cl)O1. The summed E-state index contributed by atoms with van der Waals surface area (Å²) in [4.78, 5) is 11.7. The average Bonchev–Trinajstić information content (AvgIpc) is 2.98. The van der Waals surface area contributed by atoms with Crippen LogP contribution in [0.1, 0.15) is 38.2 Å². The number of esters is 1. The van der Waals surface area contributed by atoms with Crippen LogP contribution in [0.4, 0.5) is 0 Å². The first-order valence-electron chi connectivity index (χ1n) is 7.99. The molecule has 4 nitrogen and oxygen atoms in total. The van der Waals surface area contributed by atoms with Crippen molar-refractivity contribution in [3.8, 4) is 0 Å². The monoisotopic (exact) mass is 438 g/mol. The van der Waals surface area contributed by atoms with Crippen LogP contribution in [0.15, 0.2) is 18.2 Å². The lowest BCUT2D eigenvalue weighted by Crippen LogP contribution is -2.31. The summed E-state index contributed by atoms with van der Waals surface area (Å²) < 4.78 is 17.1. The molecule has 0 bridgehead atoms. The Balaban J connectivity index is 1.93. The summed E-state index contributed by atoms with van der Waals surface area (Å²) in [5, 5.41) is 1.42. The maximum Gasteiger partial charge on any atom is 0.305 e. The number of unbranched alkanes of at least 4 members (excludes halogenated alkanes) is 2. The van der Waals surface area contributed by atoms with Crippen molar-refractivity contribution in [2.45, 2.75) is 44.5 Å². The second kappa shape index (κ2) is 9.39. The lowest BCUT2D eigenvalue weighted by molar-refractivity contribution is -0.168. The second-order valence-electron chi connectivity index (χ2n) is 5.70. The Kier molecular flexibility index (Phi) is 7.82. The number of carbonyl (C=O) groups excluding carboxylic acids is 1. The second-order valence-corrected chi connectivity index (χ2v) is 7.11.